The van der Waals surface area contributed by atoms with Crippen LogP contribution in [0, 0.1) is 0 Å². The van der Waals surface area contributed by atoms with Crippen molar-refractivity contribution in [3.63, 3.8) is 0 Å². The standard InChI is InChI=1S/C17H23N3O4/c1-11(18)15(21)19-13(10-12-6-3-2-4-7-12)16(22)20-9-5-8-14(20)17(23)24/h2-4,6-7,11,13-14H,5,8-10,18H2,1H3,(H,19,21)(H,23,24). The molecule has 2 rings (SSSR count). The van der Waals surface area contributed by atoms with Crippen molar-refractivity contribution >= 4 is 17.8 Å². The lowest BCUT2D eigenvalue weighted by Gasteiger charge is -2.28. The van der Waals surface area contributed by atoms with Crippen molar-refractivity contribution in [2.75, 3.05) is 6.54 Å². The Balaban J connectivity index is 2.19. The number of carbonyl (C=O) groups excluding carboxylic acids is 2. The molecule has 1 aromatic rings. The Bertz CT molecular complexity index is 603. The normalized spacial score (nSPS) is 19.6. The first-order valence-corrected chi connectivity index (χ1v) is 8.03. The van der Waals surface area contributed by atoms with Crippen molar-refractivity contribution in [2.24, 2.45) is 5.73 Å². The van der Waals surface area contributed by atoms with Crippen molar-refractivity contribution < 1.29 is 19.5 Å². The number of amides is 2. The smallest absolute Gasteiger partial charge is 0.326 e. The number of nitrogens with one attached hydrogen (secondary N) is 1. The molecule has 1 aliphatic rings. The molecule has 0 radical (unpaired) electrons. The van der Waals surface area contributed by atoms with E-state index in [-0.39, 0.29) is 5.91 Å². The van der Waals surface area contributed by atoms with Gasteiger partial charge in [0, 0.05) is 13.0 Å². The zero-order chi connectivity index (χ0) is 17.7. The van der Waals surface area contributed by atoms with Crippen LogP contribution in [0.25, 0.3) is 0 Å². The van der Waals surface area contributed by atoms with Crippen LogP contribution in [0.3, 0.4) is 0 Å². The van der Waals surface area contributed by atoms with Gasteiger partial charge >= 0.3 is 5.97 Å². The molecule has 0 aliphatic carbocycles. The minimum Gasteiger partial charge on any atom is -0.480 e. The van der Waals surface area contributed by atoms with Gasteiger partial charge in [0.15, 0.2) is 0 Å². The number of aliphatic carboxylic acids is 1. The highest BCUT2D eigenvalue weighted by atomic mass is 16.4. The van der Waals surface area contributed by atoms with Gasteiger partial charge in [0.2, 0.25) is 11.8 Å². The Morgan fingerprint density at radius 3 is 2.58 bits per heavy atom. The van der Waals surface area contributed by atoms with E-state index in [0.29, 0.717) is 25.8 Å². The van der Waals surface area contributed by atoms with Crippen molar-refractivity contribution in [1.82, 2.24) is 10.2 Å². The first kappa shape index (κ1) is 17.9. The van der Waals surface area contributed by atoms with E-state index in [0.717, 1.165) is 5.56 Å². The Labute approximate surface area is 140 Å². The van der Waals surface area contributed by atoms with Gasteiger partial charge in [-0.05, 0) is 25.3 Å². The lowest BCUT2D eigenvalue weighted by molar-refractivity contribution is -0.149. The molecule has 1 saturated heterocycles. The highest BCUT2D eigenvalue weighted by Crippen LogP contribution is 2.19. The number of rotatable bonds is 6. The van der Waals surface area contributed by atoms with Gasteiger partial charge in [-0.3, -0.25) is 9.59 Å². The summed E-state index contributed by atoms with van der Waals surface area (Å²) in [5.74, 6) is -1.83. The van der Waals surface area contributed by atoms with E-state index >= 15 is 0 Å². The number of carbonyl (C=O) groups is 3. The van der Waals surface area contributed by atoms with Crippen LogP contribution in [0.4, 0.5) is 0 Å². The molecule has 1 fully saturated rings. The predicted octanol–water partition coefficient (Wildman–Crippen LogP) is 0.137. The summed E-state index contributed by atoms with van der Waals surface area (Å²) in [6, 6.07) is 6.87. The Kier molecular flexibility index (Phi) is 5.92. The fraction of sp³-hybridized carbons (Fsp3) is 0.471. The highest BCUT2D eigenvalue weighted by molar-refractivity contribution is 5.92. The zero-order valence-corrected chi connectivity index (χ0v) is 13.6. The summed E-state index contributed by atoms with van der Waals surface area (Å²) in [6.45, 7) is 1.92. The number of carboxylic acid groups (broad SMARTS) is 1. The Morgan fingerprint density at radius 2 is 2.00 bits per heavy atom. The summed E-state index contributed by atoms with van der Waals surface area (Å²) in [6.07, 6.45) is 1.36. The summed E-state index contributed by atoms with van der Waals surface area (Å²) in [7, 11) is 0. The molecule has 24 heavy (non-hydrogen) atoms. The molecule has 3 unspecified atom stereocenters. The molecule has 0 saturated carbocycles. The van der Waals surface area contributed by atoms with E-state index < -0.39 is 30.0 Å². The quantitative estimate of drug-likeness (QED) is 0.685. The van der Waals surface area contributed by atoms with Gasteiger partial charge in [-0.15, -0.1) is 0 Å². The van der Waals surface area contributed by atoms with Crippen LogP contribution in [0.2, 0.25) is 0 Å². The molecule has 1 aromatic carbocycles. The monoisotopic (exact) mass is 333 g/mol. The first-order chi connectivity index (χ1) is 11.4. The number of likely N-dealkylation sites (tertiary alicyclic amines) is 1. The van der Waals surface area contributed by atoms with Gasteiger partial charge in [0.05, 0.1) is 6.04 Å². The number of hydrogen-bond acceptors (Lipinski definition) is 4. The first-order valence-electron chi connectivity index (χ1n) is 8.03. The summed E-state index contributed by atoms with van der Waals surface area (Å²) in [4.78, 5) is 37.5. The maximum absolute atomic E-state index is 12.8. The van der Waals surface area contributed by atoms with Crippen LogP contribution in [0.5, 0.6) is 0 Å². The molecule has 130 valence electrons. The largest absolute Gasteiger partial charge is 0.480 e. The number of carboxylic acids is 1. The van der Waals surface area contributed by atoms with Gasteiger partial charge in [-0.1, -0.05) is 30.3 Å². The third-order valence-corrected chi connectivity index (χ3v) is 4.13. The fourth-order valence-electron chi connectivity index (χ4n) is 2.84. The van der Waals surface area contributed by atoms with E-state index in [1.807, 2.05) is 30.3 Å². The third kappa shape index (κ3) is 4.32. The predicted molar refractivity (Wildman–Crippen MR) is 88.1 cm³/mol. The molecule has 0 aromatic heterocycles. The average Bonchev–Trinajstić information content (AvgIpc) is 3.04. The lowest BCUT2D eigenvalue weighted by atomic mass is 10.0. The topological polar surface area (TPSA) is 113 Å². The fourth-order valence-corrected chi connectivity index (χ4v) is 2.84. The van der Waals surface area contributed by atoms with Crippen molar-refractivity contribution in [2.45, 2.75) is 44.3 Å². The number of benzene rings is 1. The third-order valence-electron chi connectivity index (χ3n) is 4.13. The Morgan fingerprint density at radius 1 is 1.33 bits per heavy atom. The summed E-state index contributed by atoms with van der Waals surface area (Å²) >= 11 is 0. The van der Waals surface area contributed by atoms with Crippen LogP contribution in [-0.4, -0.2) is 52.5 Å². The Hall–Kier alpha value is -2.41. The van der Waals surface area contributed by atoms with Gasteiger partial charge in [-0.25, -0.2) is 4.79 Å². The van der Waals surface area contributed by atoms with E-state index in [4.69, 9.17) is 5.73 Å². The van der Waals surface area contributed by atoms with Crippen LogP contribution < -0.4 is 11.1 Å². The minimum atomic E-state index is -1.02. The maximum Gasteiger partial charge on any atom is 0.326 e. The van der Waals surface area contributed by atoms with Crippen molar-refractivity contribution in [3.8, 4) is 0 Å². The van der Waals surface area contributed by atoms with Crippen molar-refractivity contribution in [3.05, 3.63) is 35.9 Å². The number of hydrogen-bond donors (Lipinski definition) is 3. The summed E-state index contributed by atoms with van der Waals surface area (Å²) < 4.78 is 0. The second-order valence-electron chi connectivity index (χ2n) is 6.07. The van der Waals surface area contributed by atoms with E-state index in [2.05, 4.69) is 5.32 Å². The zero-order valence-electron chi connectivity index (χ0n) is 13.6. The molecule has 2 amide bonds. The summed E-state index contributed by atoms with van der Waals surface area (Å²) in [5.41, 5.74) is 6.46. The van der Waals surface area contributed by atoms with Crippen LogP contribution in [0.15, 0.2) is 30.3 Å². The molecule has 1 heterocycles. The second-order valence-corrected chi connectivity index (χ2v) is 6.07. The molecular weight excluding hydrogens is 310 g/mol. The van der Waals surface area contributed by atoms with Crippen molar-refractivity contribution in [1.29, 1.82) is 0 Å². The van der Waals surface area contributed by atoms with Crippen LogP contribution >= 0.6 is 0 Å². The molecule has 0 spiro atoms. The molecular formula is C17H23N3O4. The van der Waals surface area contributed by atoms with Crippen LogP contribution in [-0.2, 0) is 20.8 Å². The average molecular weight is 333 g/mol. The van der Waals surface area contributed by atoms with E-state index in [9.17, 15) is 19.5 Å². The summed E-state index contributed by atoms with van der Waals surface area (Å²) in [5, 5.41) is 11.9. The van der Waals surface area contributed by atoms with Gasteiger partial charge in [0.1, 0.15) is 12.1 Å². The minimum absolute atomic E-state index is 0.293. The maximum atomic E-state index is 12.8. The van der Waals surface area contributed by atoms with E-state index in [1.165, 1.54) is 11.8 Å². The molecule has 0 bridgehead atoms. The molecule has 4 N–H and O–H groups in total. The molecule has 7 nitrogen and oxygen atoms in total. The van der Waals surface area contributed by atoms with Gasteiger partial charge in [-0.2, -0.15) is 0 Å². The number of nitrogens with two attached hydrogens (primary N) is 1. The van der Waals surface area contributed by atoms with E-state index in [1.54, 1.807) is 0 Å². The second kappa shape index (κ2) is 7.92. The van der Waals surface area contributed by atoms with Crippen LogP contribution in [0.1, 0.15) is 25.3 Å². The van der Waals surface area contributed by atoms with Gasteiger partial charge < -0.3 is 21.1 Å². The lowest BCUT2D eigenvalue weighted by Crippen LogP contribution is -2.54. The molecule has 7 heteroatoms. The molecule has 3 atom stereocenters. The number of nitrogens with zero attached hydrogens (tertiary/aromatic N) is 1. The molecule has 1 aliphatic heterocycles. The van der Waals surface area contributed by atoms with Gasteiger partial charge in [0.25, 0.3) is 0 Å². The highest BCUT2D eigenvalue weighted by Gasteiger charge is 2.37. The SMILES string of the molecule is CC(N)C(=O)NC(Cc1ccccc1)C(=O)N1CCCC1C(=O)O.